The normalized spacial score (nSPS) is 12.5. The van der Waals surface area contributed by atoms with E-state index in [4.69, 9.17) is 16.3 Å². The molecule has 0 aliphatic rings. The molecule has 184 valence electrons. The molecule has 0 aliphatic carbocycles. The molecule has 5 nitrogen and oxygen atoms in total. The molecule has 0 unspecified atom stereocenters. The summed E-state index contributed by atoms with van der Waals surface area (Å²) in [7, 11) is 0. The van der Waals surface area contributed by atoms with Crippen LogP contribution in [0.25, 0.3) is 0 Å². The van der Waals surface area contributed by atoms with Crippen LogP contribution in [-0.2, 0) is 22.6 Å². The Balaban J connectivity index is 1.90. The van der Waals surface area contributed by atoms with Crippen molar-refractivity contribution in [2.75, 3.05) is 6.61 Å². The van der Waals surface area contributed by atoms with Crippen molar-refractivity contribution in [3.63, 3.8) is 0 Å². The van der Waals surface area contributed by atoms with Gasteiger partial charge in [0, 0.05) is 27.6 Å². The monoisotopic (exact) mass is 604 g/mol. The predicted octanol–water partition coefficient (Wildman–Crippen LogP) is 5.88. The second-order valence-electron chi connectivity index (χ2n) is 8.42. The molecule has 7 heteroatoms. The van der Waals surface area contributed by atoms with Gasteiger partial charge in [0.05, 0.1) is 0 Å². The molecular formula is C28H30ClIN2O3. The molecule has 0 radical (unpaired) electrons. The number of hydrogen-bond acceptors (Lipinski definition) is 3. The number of carbonyl (C=O) groups is 2. The summed E-state index contributed by atoms with van der Waals surface area (Å²) in [5.74, 6) is 0.141. The fraction of sp³-hybridized carbons (Fsp3) is 0.286. The van der Waals surface area contributed by atoms with Gasteiger partial charge in [-0.2, -0.15) is 0 Å². The maximum Gasteiger partial charge on any atom is 0.261 e. The lowest BCUT2D eigenvalue weighted by atomic mass is 10.0. The van der Waals surface area contributed by atoms with Gasteiger partial charge in [0.2, 0.25) is 5.91 Å². The lowest BCUT2D eigenvalue weighted by molar-refractivity contribution is -0.143. The molecule has 3 aromatic rings. The molecule has 3 aromatic carbocycles. The average Bonchev–Trinajstić information content (AvgIpc) is 2.86. The van der Waals surface area contributed by atoms with Gasteiger partial charge in [0.15, 0.2) is 6.61 Å². The Bertz CT molecular complexity index is 1110. The van der Waals surface area contributed by atoms with Gasteiger partial charge < -0.3 is 15.0 Å². The number of nitrogens with one attached hydrogen (secondary N) is 1. The zero-order valence-corrected chi connectivity index (χ0v) is 22.8. The van der Waals surface area contributed by atoms with E-state index in [0.717, 1.165) is 21.1 Å². The molecule has 0 aliphatic heterocycles. The number of carbonyl (C=O) groups excluding carboxylic acids is 2. The molecule has 0 saturated carbocycles. The minimum atomic E-state index is -0.710. The molecule has 0 saturated heterocycles. The zero-order valence-electron chi connectivity index (χ0n) is 19.9. The van der Waals surface area contributed by atoms with Gasteiger partial charge in [-0.15, -0.1) is 0 Å². The highest BCUT2D eigenvalue weighted by Crippen LogP contribution is 2.19. The summed E-state index contributed by atoms with van der Waals surface area (Å²) in [5, 5.41) is 3.64. The number of ether oxygens (including phenoxy) is 1. The summed E-state index contributed by atoms with van der Waals surface area (Å²) in [6, 6.07) is 23.8. The summed E-state index contributed by atoms with van der Waals surface area (Å²) in [6.45, 7) is 4.03. The van der Waals surface area contributed by atoms with Crippen LogP contribution >= 0.6 is 34.2 Å². The first-order valence-corrected chi connectivity index (χ1v) is 13.1. The molecule has 2 atom stereocenters. The zero-order chi connectivity index (χ0) is 25.2. The van der Waals surface area contributed by atoms with Gasteiger partial charge in [-0.25, -0.2) is 0 Å². The molecular weight excluding hydrogens is 575 g/mol. The molecule has 0 bridgehead atoms. The molecule has 1 N–H and O–H groups in total. The second-order valence-corrected chi connectivity index (χ2v) is 10.1. The third-order valence-electron chi connectivity index (χ3n) is 5.69. The Labute approximate surface area is 226 Å². The summed E-state index contributed by atoms with van der Waals surface area (Å²) in [5.41, 5.74) is 1.81. The number of benzene rings is 3. The van der Waals surface area contributed by atoms with Crippen LogP contribution in [0, 0.1) is 3.57 Å². The molecule has 3 rings (SSSR count). The first-order chi connectivity index (χ1) is 16.9. The minimum absolute atomic E-state index is 0.00747. The van der Waals surface area contributed by atoms with Gasteiger partial charge in [0.1, 0.15) is 11.8 Å². The number of rotatable bonds is 11. The van der Waals surface area contributed by atoms with Gasteiger partial charge >= 0.3 is 0 Å². The average molecular weight is 605 g/mol. The summed E-state index contributed by atoms with van der Waals surface area (Å²) < 4.78 is 6.87. The van der Waals surface area contributed by atoms with Crippen LogP contribution in [0.3, 0.4) is 0 Å². The van der Waals surface area contributed by atoms with E-state index in [0.29, 0.717) is 17.2 Å². The lowest BCUT2D eigenvalue weighted by Crippen LogP contribution is -2.53. The maximum atomic E-state index is 13.6. The van der Waals surface area contributed by atoms with Crippen LogP contribution < -0.4 is 10.1 Å². The van der Waals surface area contributed by atoms with Crippen molar-refractivity contribution in [1.29, 1.82) is 0 Å². The Morgan fingerprint density at radius 1 is 1.00 bits per heavy atom. The lowest BCUT2D eigenvalue weighted by Gasteiger charge is -2.32. The van der Waals surface area contributed by atoms with Gasteiger partial charge in [-0.1, -0.05) is 61.0 Å². The van der Waals surface area contributed by atoms with Gasteiger partial charge in [-0.05, 0) is 83.5 Å². The fourth-order valence-corrected chi connectivity index (χ4v) is 4.16. The minimum Gasteiger partial charge on any atom is -0.484 e. The van der Waals surface area contributed by atoms with E-state index in [1.807, 2.05) is 86.6 Å². The van der Waals surface area contributed by atoms with E-state index >= 15 is 0 Å². The van der Waals surface area contributed by atoms with Crippen LogP contribution in [0.5, 0.6) is 5.75 Å². The number of amides is 2. The van der Waals surface area contributed by atoms with Crippen molar-refractivity contribution in [2.45, 2.75) is 45.3 Å². The Morgan fingerprint density at radius 3 is 2.34 bits per heavy atom. The molecule has 35 heavy (non-hydrogen) atoms. The largest absolute Gasteiger partial charge is 0.484 e. The highest BCUT2D eigenvalue weighted by atomic mass is 127. The number of halogens is 2. The molecule has 0 aromatic heterocycles. The van der Waals surface area contributed by atoms with Gasteiger partial charge in [0.25, 0.3) is 5.91 Å². The SMILES string of the molecule is CC[C@H](C)NC(=O)[C@@H](Cc1ccccc1)N(Cc1cccc(Cl)c1)C(=O)COc1ccc(I)cc1. The third kappa shape index (κ3) is 8.54. The highest BCUT2D eigenvalue weighted by Gasteiger charge is 2.31. The van der Waals surface area contributed by atoms with Crippen molar-refractivity contribution in [3.05, 3.63) is 98.6 Å². The van der Waals surface area contributed by atoms with Crippen LogP contribution in [0.15, 0.2) is 78.9 Å². The quantitative estimate of drug-likeness (QED) is 0.278. The summed E-state index contributed by atoms with van der Waals surface area (Å²) in [6.07, 6.45) is 1.18. The molecule has 2 amide bonds. The Morgan fingerprint density at radius 2 is 1.69 bits per heavy atom. The van der Waals surface area contributed by atoms with Crippen LogP contribution in [0.2, 0.25) is 5.02 Å². The van der Waals surface area contributed by atoms with Crippen molar-refractivity contribution >= 4 is 46.0 Å². The van der Waals surface area contributed by atoms with E-state index < -0.39 is 6.04 Å². The fourth-order valence-electron chi connectivity index (χ4n) is 3.59. The van der Waals surface area contributed by atoms with Crippen LogP contribution in [0.1, 0.15) is 31.4 Å². The topological polar surface area (TPSA) is 58.6 Å². The second kappa shape index (κ2) is 13.5. The maximum absolute atomic E-state index is 13.6. The Hall–Kier alpha value is -2.58. The molecule has 0 heterocycles. The number of hydrogen-bond donors (Lipinski definition) is 1. The smallest absolute Gasteiger partial charge is 0.261 e. The van der Waals surface area contributed by atoms with E-state index in [9.17, 15) is 9.59 Å². The van der Waals surface area contributed by atoms with Gasteiger partial charge in [-0.3, -0.25) is 9.59 Å². The first kappa shape index (κ1) is 27.0. The van der Waals surface area contributed by atoms with Crippen molar-refractivity contribution in [3.8, 4) is 5.75 Å². The Kier molecular flexibility index (Phi) is 10.4. The molecule has 0 spiro atoms. The van der Waals surface area contributed by atoms with E-state index in [-0.39, 0.29) is 31.0 Å². The summed E-state index contributed by atoms with van der Waals surface area (Å²) >= 11 is 8.43. The predicted molar refractivity (Wildman–Crippen MR) is 148 cm³/mol. The van der Waals surface area contributed by atoms with E-state index in [2.05, 4.69) is 27.9 Å². The van der Waals surface area contributed by atoms with Crippen LogP contribution in [-0.4, -0.2) is 35.4 Å². The first-order valence-electron chi connectivity index (χ1n) is 11.6. The standard InChI is InChI=1S/C28H30ClIN2O3/c1-3-20(2)31-28(34)26(17-21-8-5-4-6-9-21)32(18-22-10-7-11-23(29)16-22)27(33)19-35-25-14-12-24(30)13-15-25/h4-16,20,26H,3,17-19H2,1-2H3,(H,31,34)/t20-,26+/m0/s1. The van der Waals surface area contributed by atoms with Crippen LogP contribution in [0.4, 0.5) is 0 Å². The van der Waals surface area contributed by atoms with E-state index in [1.54, 1.807) is 11.0 Å². The molecule has 0 fully saturated rings. The van der Waals surface area contributed by atoms with E-state index in [1.165, 1.54) is 0 Å². The number of nitrogens with zero attached hydrogens (tertiary/aromatic N) is 1. The van der Waals surface area contributed by atoms with Crippen molar-refractivity contribution in [2.24, 2.45) is 0 Å². The van der Waals surface area contributed by atoms with Crippen molar-refractivity contribution in [1.82, 2.24) is 10.2 Å². The van der Waals surface area contributed by atoms with Crippen molar-refractivity contribution < 1.29 is 14.3 Å². The third-order valence-corrected chi connectivity index (χ3v) is 6.64. The highest BCUT2D eigenvalue weighted by molar-refractivity contribution is 14.1. The summed E-state index contributed by atoms with van der Waals surface area (Å²) in [4.78, 5) is 28.6.